The molecular formula is C24H37N3O5. The van der Waals surface area contributed by atoms with Gasteiger partial charge in [-0.05, 0) is 72.2 Å². The lowest BCUT2D eigenvalue weighted by Crippen LogP contribution is -2.54. The standard InChI is InChI=1S/C24H37N3O5/c1-8-9-14-30-19-12-10-17(11-13-19)20-25-15-18(26-21(28)31-23(2,3)4)16-27(20)22(29)32-24(5,6)7/h10-13,18H,8-9,14-16H2,1-7H3,(H,26,28). The minimum Gasteiger partial charge on any atom is -0.494 e. The number of hydrogen-bond donors (Lipinski definition) is 1. The molecule has 8 heteroatoms. The van der Waals surface area contributed by atoms with Crippen molar-refractivity contribution in [1.29, 1.82) is 0 Å². The van der Waals surface area contributed by atoms with E-state index in [-0.39, 0.29) is 6.54 Å². The van der Waals surface area contributed by atoms with Crippen molar-refractivity contribution in [3.63, 3.8) is 0 Å². The molecule has 1 aliphatic heterocycles. The largest absolute Gasteiger partial charge is 0.494 e. The first-order chi connectivity index (χ1) is 14.9. The Kier molecular flexibility index (Phi) is 8.52. The predicted molar refractivity (Wildman–Crippen MR) is 124 cm³/mol. The van der Waals surface area contributed by atoms with Gasteiger partial charge in [-0.1, -0.05) is 13.3 Å². The SMILES string of the molecule is CCCCOc1ccc(C2=NCC(NC(=O)OC(C)(C)C)CN2C(=O)OC(C)(C)C)cc1. The van der Waals surface area contributed by atoms with Crippen molar-refractivity contribution in [1.82, 2.24) is 10.2 Å². The van der Waals surface area contributed by atoms with E-state index in [0.29, 0.717) is 19.0 Å². The normalized spacial score (nSPS) is 16.8. The van der Waals surface area contributed by atoms with Crippen LogP contribution < -0.4 is 10.1 Å². The minimum atomic E-state index is -0.662. The molecule has 0 spiro atoms. The lowest BCUT2D eigenvalue weighted by atomic mass is 10.1. The smallest absolute Gasteiger partial charge is 0.416 e. The van der Waals surface area contributed by atoms with Crippen LogP contribution in [0.2, 0.25) is 0 Å². The number of unbranched alkanes of at least 4 members (excludes halogenated alkanes) is 1. The Bertz CT molecular complexity index is 806. The Hall–Kier alpha value is -2.77. The number of rotatable bonds is 6. The molecule has 178 valence electrons. The van der Waals surface area contributed by atoms with Crippen molar-refractivity contribution in [2.45, 2.75) is 78.6 Å². The molecule has 1 aromatic rings. The highest BCUT2D eigenvalue weighted by molar-refractivity contribution is 6.07. The van der Waals surface area contributed by atoms with Gasteiger partial charge in [0.1, 0.15) is 22.8 Å². The summed E-state index contributed by atoms with van der Waals surface area (Å²) in [5.41, 5.74) is -0.502. The number of hydrogen-bond acceptors (Lipinski definition) is 6. The van der Waals surface area contributed by atoms with Crippen LogP contribution in [-0.2, 0) is 9.47 Å². The molecule has 1 unspecified atom stereocenters. The van der Waals surface area contributed by atoms with Gasteiger partial charge in [-0.3, -0.25) is 9.89 Å². The van der Waals surface area contributed by atoms with Crippen molar-refractivity contribution in [2.75, 3.05) is 19.7 Å². The van der Waals surface area contributed by atoms with E-state index in [1.54, 1.807) is 20.8 Å². The summed E-state index contributed by atoms with van der Waals surface area (Å²) in [5, 5.41) is 2.80. The fourth-order valence-corrected chi connectivity index (χ4v) is 2.97. The molecule has 0 bridgehead atoms. The lowest BCUT2D eigenvalue weighted by molar-refractivity contribution is 0.0324. The molecule has 0 saturated carbocycles. The maximum Gasteiger partial charge on any atom is 0.416 e. The van der Waals surface area contributed by atoms with Gasteiger partial charge in [0.05, 0.1) is 25.7 Å². The number of nitrogens with one attached hydrogen (secondary N) is 1. The van der Waals surface area contributed by atoms with Gasteiger partial charge in [0.15, 0.2) is 0 Å². The molecule has 0 aromatic heterocycles. The number of aliphatic imine (C=N–C) groups is 1. The second-order valence-electron chi connectivity index (χ2n) is 9.82. The Morgan fingerprint density at radius 3 is 2.25 bits per heavy atom. The van der Waals surface area contributed by atoms with E-state index in [4.69, 9.17) is 14.2 Å². The van der Waals surface area contributed by atoms with Gasteiger partial charge in [0.25, 0.3) is 0 Å². The Balaban J connectivity index is 2.19. The molecule has 0 saturated heterocycles. The number of amidine groups is 1. The molecule has 1 atom stereocenters. The summed E-state index contributed by atoms with van der Waals surface area (Å²) in [7, 11) is 0. The van der Waals surface area contributed by atoms with E-state index in [2.05, 4.69) is 17.2 Å². The molecule has 8 nitrogen and oxygen atoms in total. The van der Waals surface area contributed by atoms with Crippen LogP contribution in [0.4, 0.5) is 9.59 Å². The number of nitrogens with zero attached hydrogens (tertiary/aromatic N) is 2. The topological polar surface area (TPSA) is 89.5 Å². The van der Waals surface area contributed by atoms with E-state index in [1.165, 1.54) is 4.90 Å². The van der Waals surface area contributed by atoms with Crippen LogP contribution in [0.15, 0.2) is 29.3 Å². The van der Waals surface area contributed by atoms with Crippen LogP contribution in [0.25, 0.3) is 0 Å². The Morgan fingerprint density at radius 2 is 1.69 bits per heavy atom. The first kappa shape index (κ1) is 25.5. The van der Waals surface area contributed by atoms with Crippen LogP contribution in [-0.4, -0.2) is 59.9 Å². The third-order valence-electron chi connectivity index (χ3n) is 4.33. The molecule has 2 rings (SSSR count). The number of amides is 2. The molecule has 1 aliphatic rings. The second kappa shape index (κ2) is 10.7. The maximum atomic E-state index is 13.0. The summed E-state index contributed by atoms with van der Waals surface area (Å²) >= 11 is 0. The summed E-state index contributed by atoms with van der Waals surface area (Å²) in [6.07, 6.45) is 1.000. The molecule has 0 radical (unpaired) electrons. The van der Waals surface area contributed by atoms with Crippen LogP contribution in [0.5, 0.6) is 5.75 Å². The number of alkyl carbamates (subject to hydrolysis) is 1. The summed E-state index contributed by atoms with van der Waals surface area (Å²) < 4.78 is 16.6. The summed E-state index contributed by atoms with van der Waals surface area (Å²) in [4.78, 5) is 31.2. The highest BCUT2D eigenvalue weighted by Gasteiger charge is 2.33. The number of benzene rings is 1. The minimum absolute atomic E-state index is 0.224. The van der Waals surface area contributed by atoms with Crippen molar-refractivity contribution < 1.29 is 23.8 Å². The van der Waals surface area contributed by atoms with Crippen molar-refractivity contribution in [3.05, 3.63) is 29.8 Å². The van der Waals surface area contributed by atoms with E-state index < -0.39 is 29.4 Å². The molecular weight excluding hydrogens is 410 g/mol. The third kappa shape index (κ3) is 8.40. The quantitative estimate of drug-likeness (QED) is 0.635. The highest BCUT2D eigenvalue weighted by atomic mass is 16.6. The molecule has 0 fully saturated rings. The van der Waals surface area contributed by atoms with Crippen molar-refractivity contribution >= 4 is 18.0 Å². The molecule has 32 heavy (non-hydrogen) atoms. The molecule has 1 N–H and O–H groups in total. The van der Waals surface area contributed by atoms with Gasteiger partial charge >= 0.3 is 12.2 Å². The first-order valence-corrected chi connectivity index (χ1v) is 11.2. The van der Waals surface area contributed by atoms with Crippen molar-refractivity contribution in [2.24, 2.45) is 4.99 Å². The molecule has 1 aromatic carbocycles. The first-order valence-electron chi connectivity index (χ1n) is 11.2. The van der Waals surface area contributed by atoms with Crippen LogP contribution in [0, 0.1) is 0 Å². The van der Waals surface area contributed by atoms with E-state index in [0.717, 1.165) is 24.2 Å². The Morgan fingerprint density at radius 1 is 1.06 bits per heavy atom. The predicted octanol–water partition coefficient (Wildman–Crippen LogP) is 4.76. The van der Waals surface area contributed by atoms with E-state index >= 15 is 0 Å². The van der Waals surface area contributed by atoms with Crippen LogP contribution in [0.3, 0.4) is 0 Å². The summed E-state index contributed by atoms with van der Waals surface area (Å²) in [5.74, 6) is 1.27. The number of ether oxygens (including phenoxy) is 3. The van der Waals surface area contributed by atoms with Crippen molar-refractivity contribution in [3.8, 4) is 5.75 Å². The van der Waals surface area contributed by atoms with Crippen LogP contribution >= 0.6 is 0 Å². The van der Waals surface area contributed by atoms with Gasteiger partial charge in [-0.2, -0.15) is 0 Å². The maximum absolute atomic E-state index is 13.0. The number of carbonyl (C=O) groups is 2. The summed E-state index contributed by atoms with van der Waals surface area (Å²) in [6.45, 7) is 14.2. The lowest BCUT2D eigenvalue weighted by Gasteiger charge is -2.34. The third-order valence-corrected chi connectivity index (χ3v) is 4.33. The fraction of sp³-hybridized carbons (Fsp3) is 0.625. The highest BCUT2D eigenvalue weighted by Crippen LogP contribution is 2.20. The summed E-state index contributed by atoms with van der Waals surface area (Å²) in [6, 6.07) is 7.09. The van der Waals surface area contributed by atoms with E-state index in [9.17, 15) is 9.59 Å². The Labute approximate surface area is 191 Å². The van der Waals surface area contributed by atoms with Gasteiger partial charge in [0.2, 0.25) is 0 Å². The zero-order valence-electron chi connectivity index (χ0n) is 20.4. The monoisotopic (exact) mass is 447 g/mol. The molecule has 2 amide bonds. The number of carbonyl (C=O) groups excluding carboxylic acids is 2. The van der Waals surface area contributed by atoms with Gasteiger partial charge in [-0.25, -0.2) is 9.59 Å². The fourth-order valence-electron chi connectivity index (χ4n) is 2.97. The van der Waals surface area contributed by atoms with Gasteiger partial charge < -0.3 is 19.5 Å². The average Bonchev–Trinajstić information content (AvgIpc) is 2.66. The van der Waals surface area contributed by atoms with Gasteiger partial charge in [0, 0.05) is 5.56 Å². The average molecular weight is 448 g/mol. The molecule has 0 aliphatic carbocycles. The van der Waals surface area contributed by atoms with E-state index in [1.807, 2.05) is 45.0 Å². The zero-order chi connectivity index (χ0) is 23.9. The van der Waals surface area contributed by atoms with Gasteiger partial charge in [-0.15, -0.1) is 0 Å². The zero-order valence-corrected chi connectivity index (χ0v) is 20.4. The molecule has 1 heterocycles. The second-order valence-corrected chi connectivity index (χ2v) is 9.82. The van der Waals surface area contributed by atoms with Crippen LogP contribution in [0.1, 0.15) is 66.9 Å².